The molecule has 5 aromatic rings. The third-order valence-corrected chi connectivity index (χ3v) is 9.19. The number of fused-ring (bicyclic) bond motifs is 5. The minimum absolute atomic E-state index is 0.0330. The molecule has 2 heterocycles. The van der Waals surface area contributed by atoms with Gasteiger partial charge in [-0.1, -0.05) is 78.7 Å². The maximum absolute atomic E-state index is 13.6. The Balaban J connectivity index is 1.32. The van der Waals surface area contributed by atoms with Gasteiger partial charge in [0.25, 0.3) is 11.1 Å². The van der Waals surface area contributed by atoms with Crippen LogP contribution < -0.4 is 11.1 Å². The summed E-state index contributed by atoms with van der Waals surface area (Å²) >= 11 is 1.41. The first kappa shape index (κ1) is 24.1. The fourth-order valence-electron chi connectivity index (χ4n) is 6.38. The molecule has 1 fully saturated rings. The van der Waals surface area contributed by atoms with Gasteiger partial charge in [-0.15, -0.1) is 0 Å². The van der Waals surface area contributed by atoms with E-state index in [1.807, 2.05) is 61.5 Å². The van der Waals surface area contributed by atoms with E-state index in [0.29, 0.717) is 27.6 Å². The van der Waals surface area contributed by atoms with Crippen molar-refractivity contribution in [1.29, 1.82) is 0 Å². The lowest BCUT2D eigenvalue weighted by atomic mass is 9.68. The summed E-state index contributed by atoms with van der Waals surface area (Å²) in [6.07, 6.45) is 5.23. The van der Waals surface area contributed by atoms with Gasteiger partial charge in [0.15, 0.2) is 5.16 Å². The number of hydrogen-bond donors (Lipinski definition) is 1. The number of H-pyrrole nitrogens is 1. The zero-order valence-electron chi connectivity index (χ0n) is 21.7. The van der Waals surface area contributed by atoms with Crippen LogP contribution in [-0.2, 0) is 17.6 Å². The summed E-state index contributed by atoms with van der Waals surface area (Å²) in [6.45, 7) is 2.02. The second kappa shape index (κ2) is 9.35. The van der Waals surface area contributed by atoms with Gasteiger partial charge >= 0.3 is 0 Å². The molecule has 2 aromatic heterocycles. The van der Waals surface area contributed by atoms with E-state index in [1.54, 1.807) is 4.57 Å². The maximum Gasteiger partial charge on any atom is 0.266 e. The van der Waals surface area contributed by atoms with E-state index in [9.17, 15) is 9.59 Å². The Labute approximate surface area is 230 Å². The molecular weight excluding hydrogens is 504 g/mol. The van der Waals surface area contributed by atoms with Gasteiger partial charge in [-0.05, 0) is 56.0 Å². The van der Waals surface area contributed by atoms with Crippen molar-refractivity contribution in [3.05, 3.63) is 116 Å². The third kappa shape index (κ3) is 4.03. The Morgan fingerprint density at radius 2 is 1.67 bits per heavy atom. The van der Waals surface area contributed by atoms with Crippen LogP contribution >= 0.6 is 11.8 Å². The number of nitrogens with zero attached hydrogens (tertiary/aromatic N) is 3. The molecule has 0 unspecified atom stereocenters. The lowest BCUT2D eigenvalue weighted by molar-refractivity contribution is 0.426. The van der Waals surface area contributed by atoms with Crippen LogP contribution in [0.25, 0.3) is 27.8 Å². The molecule has 39 heavy (non-hydrogen) atoms. The van der Waals surface area contributed by atoms with Gasteiger partial charge in [0.1, 0.15) is 5.82 Å². The van der Waals surface area contributed by atoms with Gasteiger partial charge in [0.2, 0.25) is 0 Å². The van der Waals surface area contributed by atoms with Gasteiger partial charge in [-0.3, -0.25) is 14.2 Å². The quantitative estimate of drug-likeness (QED) is 0.223. The fourth-order valence-corrected chi connectivity index (χ4v) is 7.26. The Morgan fingerprint density at radius 1 is 0.923 bits per heavy atom. The van der Waals surface area contributed by atoms with Crippen LogP contribution in [0.1, 0.15) is 48.2 Å². The molecule has 2 aliphatic rings. The van der Waals surface area contributed by atoms with Crippen molar-refractivity contribution in [3.63, 3.8) is 0 Å². The van der Waals surface area contributed by atoms with Crippen molar-refractivity contribution in [2.75, 3.05) is 0 Å². The molecule has 0 saturated heterocycles. The van der Waals surface area contributed by atoms with Gasteiger partial charge in [0, 0.05) is 11.0 Å². The highest BCUT2D eigenvalue weighted by Gasteiger charge is 2.43. The van der Waals surface area contributed by atoms with E-state index in [-0.39, 0.29) is 16.5 Å². The number of aryl methyl sites for hydroxylation is 1. The molecule has 0 atom stereocenters. The third-order valence-electron chi connectivity index (χ3n) is 8.24. The number of benzene rings is 3. The van der Waals surface area contributed by atoms with E-state index < -0.39 is 0 Å². The largest absolute Gasteiger partial charge is 0.310 e. The summed E-state index contributed by atoms with van der Waals surface area (Å²) in [5, 5.41) is 1.14. The number of hydrogen-bond acceptors (Lipinski definition) is 5. The van der Waals surface area contributed by atoms with Gasteiger partial charge in [0.05, 0.1) is 33.6 Å². The van der Waals surface area contributed by atoms with Crippen molar-refractivity contribution < 1.29 is 0 Å². The molecule has 0 radical (unpaired) electrons. The number of thioether (sulfide) groups is 1. The van der Waals surface area contributed by atoms with Gasteiger partial charge in [-0.2, -0.15) is 0 Å². The molecule has 194 valence electrons. The maximum atomic E-state index is 13.6. The molecule has 0 aliphatic heterocycles. The molecule has 1 spiro atoms. The molecule has 2 aliphatic carbocycles. The minimum atomic E-state index is -0.123. The molecule has 3 aromatic carbocycles. The molecule has 1 saturated carbocycles. The Hall–Kier alpha value is -3.97. The van der Waals surface area contributed by atoms with Crippen LogP contribution in [0, 0.1) is 6.92 Å². The summed E-state index contributed by atoms with van der Waals surface area (Å²) in [5.74, 6) is 0.973. The lowest BCUT2D eigenvalue weighted by Gasteiger charge is -2.35. The molecule has 1 N–H and O–H groups in total. The first-order valence-corrected chi connectivity index (χ1v) is 14.4. The summed E-state index contributed by atoms with van der Waals surface area (Å²) in [7, 11) is 0. The molecule has 7 heteroatoms. The molecule has 6 nitrogen and oxygen atoms in total. The average Bonchev–Trinajstić information content (AvgIpc) is 3.41. The first-order chi connectivity index (χ1) is 19.0. The highest BCUT2D eigenvalue weighted by atomic mass is 32.2. The topological polar surface area (TPSA) is 80.6 Å². The number of rotatable bonds is 4. The lowest BCUT2D eigenvalue weighted by Crippen LogP contribution is -2.37. The van der Waals surface area contributed by atoms with Crippen LogP contribution in [0.3, 0.4) is 0 Å². The van der Waals surface area contributed by atoms with Crippen LogP contribution in [-0.4, -0.2) is 19.5 Å². The summed E-state index contributed by atoms with van der Waals surface area (Å²) < 4.78 is 1.66. The van der Waals surface area contributed by atoms with E-state index in [2.05, 4.69) is 23.2 Å². The Bertz CT molecular complexity index is 1850. The van der Waals surface area contributed by atoms with Crippen molar-refractivity contribution >= 4 is 22.7 Å². The highest BCUT2D eigenvalue weighted by molar-refractivity contribution is 7.98. The summed E-state index contributed by atoms with van der Waals surface area (Å²) in [6, 6.07) is 23.6. The Kier molecular flexibility index (Phi) is 5.77. The van der Waals surface area contributed by atoms with E-state index in [4.69, 9.17) is 9.97 Å². The standard InChI is InChI=1S/C32H28N4O2S/c1-20-12-14-22(15-13-20)36-30(38)24-10-4-5-11-25(24)33-31(36)39-19-26-34-28-23-9-3-2-8-21(23)18-32(16-6-7-17-32)27(28)29(37)35-26/h2-5,8-15H,6-7,16-19H2,1H3,(H,34,35,37). The predicted molar refractivity (Wildman–Crippen MR) is 156 cm³/mol. The van der Waals surface area contributed by atoms with Crippen molar-refractivity contribution in [1.82, 2.24) is 19.5 Å². The SMILES string of the molecule is Cc1ccc(-n2c(SCc3nc4c(c(=O)[nH]3)C3(CCCC3)Cc3ccccc3-4)nc3ccccc3c2=O)cc1. The second-order valence-corrected chi connectivity index (χ2v) is 11.7. The summed E-state index contributed by atoms with van der Waals surface area (Å²) in [5.41, 5.74) is 6.26. The minimum Gasteiger partial charge on any atom is -0.310 e. The smallest absolute Gasteiger partial charge is 0.266 e. The second-order valence-electron chi connectivity index (χ2n) is 10.7. The van der Waals surface area contributed by atoms with E-state index in [1.165, 1.54) is 17.3 Å². The van der Waals surface area contributed by atoms with Crippen molar-refractivity contribution in [2.24, 2.45) is 0 Å². The van der Waals surface area contributed by atoms with E-state index in [0.717, 1.165) is 60.2 Å². The van der Waals surface area contributed by atoms with E-state index >= 15 is 0 Å². The van der Waals surface area contributed by atoms with Crippen LogP contribution in [0.5, 0.6) is 0 Å². The van der Waals surface area contributed by atoms with Gasteiger partial charge in [-0.25, -0.2) is 9.97 Å². The van der Waals surface area contributed by atoms with Crippen molar-refractivity contribution in [3.8, 4) is 16.9 Å². The molecular formula is C32H28N4O2S. The normalized spacial score (nSPS) is 15.4. The molecule has 7 rings (SSSR count). The first-order valence-electron chi connectivity index (χ1n) is 13.5. The fraction of sp³-hybridized carbons (Fsp3) is 0.250. The number of aromatic nitrogens is 4. The number of nitrogens with one attached hydrogen (secondary N) is 1. The molecule has 0 amide bonds. The monoisotopic (exact) mass is 532 g/mol. The van der Waals surface area contributed by atoms with Gasteiger partial charge < -0.3 is 4.98 Å². The van der Waals surface area contributed by atoms with Crippen LogP contribution in [0.15, 0.2) is 87.5 Å². The molecule has 0 bridgehead atoms. The predicted octanol–water partition coefficient (Wildman–Crippen LogP) is 6.10. The van der Waals surface area contributed by atoms with Crippen LogP contribution in [0.4, 0.5) is 0 Å². The number of aromatic amines is 1. The van der Waals surface area contributed by atoms with Crippen LogP contribution in [0.2, 0.25) is 0 Å². The average molecular weight is 533 g/mol. The zero-order chi connectivity index (χ0) is 26.6. The Morgan fingerprint density at radius 3 is 2.49 bits per heavy atom. The summed E-state index contributed by atoms with van der Waals surface area (Å²) in [4.78, 5) is 40.3. The zero-order valence-corrected chi connectivity index (χ0v) is 22.6. The number of para-hydroxylation sites is 1. The highest BCUT2D eigenvalue weighted by Crippen LogP contribution is 2.49. The van der Waals surface area contributed by atoms with Crippen molar-refractivity contribution in [2.45, 2.75) is 55.4 Å².